The first-order chi connectivity index (χ1) is 6.85. The van der Waals surface area contributed by atoms with Crippen molar-refractivity contribution >= 4 is 0 Å². The summed E-state index contributed by atoms with van der Waals surface area (Å²) in [6, 6.07) is 2.66. The molecule has 1 fully saturated rings. The molecule has 14 heavy (non-hydrogen) atoms. The zero-order chi connectivity index (χ0) is 9.97. The lowest BCUT2D eigenvalue weighted by Gasteiger charge is -2.13. The van der Waals surface area contributed by atoms with E-state index in [1.807, 2.05) is 17.8 Å². The summed E-state index contributed by atoms with van der Waals surface area (Å²) in [5.41, 5.74) is 1.35. The number of aromatic nitrogens is 1. The highest BCUT2D eigenvalue weighted by molar-refractivity contribution is 5.18. The average molecular weight is 194 g/mol. The second kappa shape index (κ2) is 4.15. The SMILES string of the molecule is CNC(c1ccn(CCO)c1)C1CC1. The van der Waals surface area contributed by atoms with Gasteiger partial charge in [-0.3, -0.25) is 0 Å². The predicted molar refractivity (Wildman–Crippen MR) is 56.0 cm³/mol. The minimum atomic E-state index is 0.210. The molecule has 0 spiro atoms. The van der Waals surface area contributed by atoms with Crippen LogP contribution < -0.4 is 5.32 Å². The Morgan fingerprint density at radius 3 is 3.00 bits per heavy atom. The van der Waals surface area contributed by atoms with Crippen molar-refractivity contribution in [2.45, 2.75) is 25.4 Å². The van der Waals surface area contributed by atoms with E-state index in [4.69, 9.17) is 5.11 Å². The van der Waals surface area contributed by atoms with Crippen molar-refractivity contribution in [3.63, 3.8) is 0 Å². The molecule has 3 heteroatoms. The summed E-state index contributed by atoms with van der Waals surface area (Å²) in [5.74, 6) is 0.824. The number of rotatable bonds is 5. The Hall–Kier alpha value is -0.800. The van der Waals surface area contributed by atoms with Crippen molar-refractivity contribution in [1.82, 2.24) is 9.88 Å². The smallest absolute Gasteiger partial charge is 0.0610 e. The van der Waals surface area contributed by atoms with Gasteiger partial charge in [0.1, 0.15) is 0 Å². The third-order valence-corrected chi connectivity index (χ3v) is 2.90. The Kier molecular flexibility index (Phi) is 2.89. The van der Waals surface area contributed by atoms with Crippen LogP contribution in [0.5, 0.6) is 0 Å². The highest BCUT2D eigenvalue weighted by atomic mass is 16.3. The zero-order valence-corrected chi connectivity index (χ0v) is 8.61. The molecule has 1 aromatic rings. The van der Waals surface area contributed by atoms with Gasteiger partial charge >= 0.3 is 0 Å². The lowest BCUT2D eigenvalue weighted by Crippen LogP contribution is -2.17. The minimum Gasteiger partial charge on any atom is -0.395 e. The van der Waals surface area contributed by atoms with E-state index in [9.17, 15) is 0 Å². The van der Waals surface area contributed by atoms with E-state index in [0.29, 0.717) is 12.6 Å². The van der Waals surface area contributed by atoms with E-state index in [1.54, 1.807) is 0 Å². The Morgan fingerprint density at radius 1 is 1.64 bits per heavy atom. The third-order valence-electron chi connectivity index (χ3n) is 2.90. The minimum absolute atomic E-state index is 0.210. The molecule has 0 aromatic carbocycles. The monoisotopic (exact) mass is 194 g/mol. The van der Waals surface area contributed by atoms with Crippen molar-refractivity contribution < 1.29 is 5.11 Å². The largest absolute Gasteiger partial charge is 0.395 e. The highest BCUT2D eigenvalue weighted by Gasteiger charge is 2.31. The van der Waals surface area contributed by atoms with E-state index in [0.717, 1.165) is 5.92 Å². The molecule has 3 nitrogen and oxygen atoms in total. The van der Waals surface area contributed by atoms with Gasteiger partial charge in [0, 0.05) is 25.0 Å². The quantitative estimate of drug-likeness (QED) is 0.738. The molecule has 1 heterocycles. The molecule has 0 aliphatic heterocycles. The molecule has 1 aliphatic rings. The van der Waals surface area contributed by atoms with Gasteiger partial charge in [0.15, 0.2) is 0 Å². The van der Waals surface area contributed by atoms with Crippen LogP contribution in [0.1, 0.15) is 24.4 Å². The van der Waals surface area contributed by atoms with Crippen LogP contribution in [0.3, 0.4) is 0 Å². The molecule has 0 saturated heterocycles. The Labute approximate surface area is 84.7 Å². The number of aliphatic hydroxyl groups is 1. The maximum Gasteiger partial charge on any atom is 0.0610 e. The van der Waals surface area contributed by atoms with Crippen LogP contribution in [-0.4, -0.2) is 23.3 Å². The van der Waals surface area contributed by atoms with Crippen LogP contribution in [0.25, 0.3) is 0 Å². The molecule has 0 amide bonds. The van der Waals surface area contributed by atoms with Gasteiger partial charge in [-0.25, -0.2) is 0 Å². The lowest BCUT2D eigenvalue weighted by atomic mass is 10.1. The summed E-state index contributed by atoms with van der Waals surface area (Å²) in [6.07, 6.45) is 6.86. The topological polar surface area (TPSA) is 37.2 Å². The van der Waals surface area contributed by atoms with Gasteiger partial charge in [0.25, 0.3) is 0 Å². The molecule has 1 aliphatic carbocycles. The molecule has 1 aromatic heterocycles. The molecule has 1 unspecified atom stereocenters. The number of hydrogen-bond donors (Lipinski definition) is 2. The van der Waals surface area contributed by atoms with Crippen molar-refractivity contribution in [2.75, 3.05) is 13.7 Å². The van der Waals surface area contributed by atoms with Gasteiger partial charge < -0.3 is 15.0 Å². The van der Waals surface area contributed by atoms with Crippen LogP contribution in [0, 0.1) is 5.92 Å². The maximum absolute atomic E-state index is 8.81. The lowest BCUT2D eigenvalue weighted by molar-refractivity contribution is 0.276. The first kappa shape index (κ1) is 9.74. The van der Waals surface area contributed by atoms with E-state index < -0.39 is 0 Å². The van der Waals surface area contributed by atoms with Crippen molar-refractivity contribution in [2.24, 2.45) is 5.92 Å². The molecule has 2 rings (SSSR count). The fourth-order valence-corrected chi connectivity index (χ4v) is 2.00. The molecule has 0 bridgehead atoms. The summed E-state index contributed by atoms with van der Waals surface area (Å²) in [6.45, 7) is 0.906. The zero-order valence-electron chi connectivity index (χ0n) is 8.61. The summed E-state index contributed by atoms with van der Waals surface area (Å²) in [7, 11) is 2.02. The van der Waals surface area contributed by atoms with Gasteiger partial charge in [-0.15, -0.1) is 0 Å². The fraction of sp³-hybridized carbons (Fsp3) is 0.636. The number of hydrogen-bond acceptors (Lipinski definition) is 2. The van der Waals surface area contributed by atoms with Crippen molar-refractivity contribution in [1.29, 1.82) is 0 Å². The van der Waals surface area contributed by atoms with Crippen LogP contribution in [0.2, 0.25) is 0 Å². The van der Waals surface area contributed by atoms with E-state index >= 15 is 0 Å². The third kappa shape index (κ3) is 1.99. The fourth-order valence-electron chi connectivity index (χ4n) is 2.00. The highest BCUT2D eigenvalue weighted by Crippen LogP contribution is 2.40. The van der Waals surface area contributed by atoms with Gasteiger partial charge in [0.05, 0.1) is 6.61 Å². The Balaban J connectivity index is 2.05. The number of aliphatic hydroxyl groups excluding tert-OH is 1. The molecule has 1 atom stereocenters. The van der Waals surface area contributed by atoms with Crippen LogP contribution in [0.4, 0.5) is 0 Å². The molecular weight excluding hydrogens is 176 g/mol. The predicted octanol–water partition coefficient (Wildman–Crippen LogP) is 1.15. The average Bonchev–Trinajstić information content (AvgIpc) is 2.90. The van der Waals surface area contributed by atoms with Crippen LogP contribution in [0.15, 0.2) is 18.5 Å². The van der Waals surface area contributed by atoms with E-state index in [2.05, 4.69) is 17.6 Å². The second-order valence-corrected chi connectivity index (χ2v) is 4.01. The molecule has 0 radical (unpaired) electrons. The molecule has 78 valence electrons. The Bertz CT molecular complexity index is 291. The number of nitrogens with one attached hydrogen (secondary N) is 1. The van der Waals surface area contributed by atoms with Gasteiger partial charge in [-0.05, 0) is 37.4 Å². The van der Waals surface area contributed by atoms with Crippen molar-refractivity contribution in [3.05, 3.63) is 24.0 Å². The first-order valence-electron chi connectivity index (χ1n) is 5.29. The van der Waals surface area contributed by atoms with Gasteiger partial charge in [0.2, 0.25) is 0 Å². The van der Waals surface area contributed by atoms with Gasteiger partial charge in [-0.2, -0.15) is 0 Å². The summed E-state index contributed by atoms with van der Waals surface area (Å²) in [4.78, 5) is 0. The van der Waals surface area contributed by atoms with Crippen molar-refractivity contribution in [3.8, 4) is 0 Å². The maximum atomic E-state index is 8.81. The molecule has 2 N–H and O–H groups in total. The second-order valence-electron chi connectivity index (χ2n) is 4.01. The van der Waals surface area contributed by atoms with E-state index in [-0.39, 0.29) is 6.61 Å². The standard InChI is InChI=1S/C11H18N2O/c1-12-11(9-2-3-9)10-4-5-13(8-10)6-7-14/h4-5,8-9,11-12,14H,2-3,6-7H2,1H3. The summed E-state index contributed by atoms with van der Waals surface area (Å²) < 4.78 is 2.04. The van der Waals surface area contributed by atoms with Crippen LogP contribution in [-0.2, 0) is 6.54 Å². The van der Waals surface area contributed by atoms with Crippen LogP contribution >= 0.6 is 0 Å². The van der Waals surface area contributed by atoms with Gasteiger partial charge in [-0.1, -0.05) is 0 Å². The first-order valence-corrected chi connectivity index (χ1v) is 5.29. The summed E-state index contributed by atoms with van der Waals surface area (Å²) in [5, 5.41) is 12.2. The normalized spacial score (nSPS) is 18.4. The molecule has 1 saturated carbocycles. The molecular formula is C11H18N2O. The Morgan fingerprint density at radius 2 is 2.43 bits per heavy atom. The number of nitrogens with zero attached hydrogens (tertiary/aromatic N) is 1. The summed E-state index contributed by atoms with van der Waals surface area (Å²) >= 11 is 0. The van der Waals surface area contributed by atoms with E-state index in [1.165, 1.54) is 18.4 Å².